The molecule has 6 nitrogen and oxygen atoms in total. The summed E-state index contributed by atoms with van der Waals surface area (Å²) in [5.41, 5.74) is 2.16. The molecule has 0 spiro atoms. The zero-order valence-electron chi connectivity index (χ0n) is 14.1. The minimum atomic E-state index is 0.00557. The molecule has 1 aromatic carbocycles. The maximum atomic E-state index is 11.7. The second-order valence-corrected chi connectivity index (χ2v) is 5.71. The summed E-state index contributed by atoms with van der Waals surface area (Å²) in [5, 5.41) is 9.15. The van der Waals surface area contributed by atoms with Gasteiger partial charge in [0.15, 0.2) is 5.96 Å². The maximum Gasteiger partial charge on any atom is 0.239 e. The highest BCUT2D eigenvalue weighted by Gasteiger charge is 2.22. The summed E-state index contributed by atoms with van der Waals surface area (Å²) in [5.74, 6) is 1.46. The lowest BCUT2D eigenvalue weighted by molar-refractivity contribution is -0.120. The first-order valence-electron chi connectivity index (χ1n) is 8.07. The molecule has 6 heteroatoms. The Morgan fingerprint density at radius 1 is 1.35 bits per heavy atom. The van der Waals surface area contributed by atoms with Crippen molar-refractivity contribution < 1.29 is 9.53 Å². The Morgan fingerprint density at radius 3 is 2.78 bits per heavy atom. The van der Waals surface area contributed by atoms with Gasteiger partial charge < -0.3 is 20.7 Å². The second kappa shape index (κ2) is 8.41. The van der Waals surface area contributed by atoms with Crippen molar-refractivity contribution in [3.05, 3.63) is 29.3 Å². The summed E-state index contributed by atoms with van der Waals surface area (Å²) in [4.78, 5) is 16.3. The van der Waals surface area contributed by atoms with Crippen LogP contribution in [-0.4, -0.2) is 38.1 Å². The molecular formula is C17H26N4O2. The van der Waals surface area contributed by atoms with E-state index in [1.54, 1.807) is 7.11 Å². The molecule has 1 fully saturated rings. The maximum absolute atomic E-state index is 11.7. The van der Waals surface area contributed by atoms with Crippen molar-refractivity contribution in [2.24, 2.45) is 4.99 Å². The fourth-order valence-corrected chi connectivity index (χ4v) is 2.16. The van der Waals surface area contributed by atoms with E-state index in [9.17, 15) is 4.79 Å². The van der Waals surface area contributed by atoms with Gasteiger partial charge in [-0.05, 0) is 38.3 Å². The van der Waals surface area contributed by atoms with E-state index >= 15 is 0 Å². The van der Waals surface area contributed by atoms with Gasteiger partial charge >= 0.3 is 0 Å². The predicted octanol–water partition coefficient (Wildman–Crippen LogP) is 1.34. The van der Waals surface area contributed by atoms with Crippen molar-refractivity contribution in [3.8, 4) is 5.75 Å². The summed E-state index contributed by atoms with van der Waals surface area (Å²) < 4.78 is 5.39. The molecule has 1 amide bonds. The predicted molar refractivity (Wildman–Crippen MR) is 91.7 cm³/mol. The first-order chi connectivity index (χ1) is 11.1. The van der Waals surface area contributed by atoms with Crippen molar-refractivity contribution >= 4 is 11.9 Å². The number of benzene rings is 1. The Morgan fingerprint density at radius 2 is 2.13 bits per heavy atom. The van der Waals surface area contributed by atoms with Gasteiger partial charge in [-0.2, -0.15) is 0 Å². The third kappa shape index (κ3) is 5.81. The number of carbonyl (C=O) groups is 1. The quantitative estimate of drug-likeness (QED) is 0.524. The summed E-state index contributed by atoms with van der Waals surface area (Å²) in [6, 6.07) is 6.42. The largest absolute Gasteiger partial charge is 0.496 e. The van der Waals surface area contributed by atoms with Crippen LogP contribution in [0.3, 0.4) is 0 Å². The molecule has 2 rings (SSSR count). The number of ether oxygens (including phenoxy) is 1. The molecule has 23 heavy (non-hydrogen) atoms. The molecule has 0 heterocycles. The van der Waals surface area contributed by atoms with Crippen LogP contribution in [0.5, 0.6) is 5.75 Å². The van der Waals surface area contributed by atoms with Gasteiger partial charge in [0, 0.05) is 18.2 Å². The van der Waals surface area contributed by atoms with Crippen molar-refractivity contribution in [2.75, 3.05) is 20.2 Å². The van der Waals surface area contributed by atoms with Gasteiger partial charge in [0.25, 0.3) is 0 Å². The van der Waals surface area contributed by atoms with E-state index in [4.69, 9.17) is 4.74 Å². The van der Waals surface area contributed by atoms with E-state index in [1.165, 1.54) is 0 Å². The van der Waals surface area contributed by atoms with E-state index in [1.807, 2.05) is 32.0 Å². The molecule has 1 saturated carbocycles. The van der Waals surface area contributed by atoms with Gasteiger partial charge in [-0.15, -0.1) is 0 Å². The van der Waals surface area contributed by atoms with Gasteiger partial charge in [-0.1, -0.05) is 12.1 Å². The van der Waals surface area contributed by atoms with Crippen LogP contribution < -0.4 is 20.7 Å². The third-order valence-electron chi connectivity index (χ3n) is 3.55. The lowest BCUT2D eigenvalue weighted by Crippen LogP contribution is -2.43. The Balaban J connectivity index is 1.93. The summed E-state index contributed by atoms with van der Waals surface area (Å²) in [7, 11) is 1.66. The van der Waals surface area contributed by atoms with Crippen molar-refractivity contribution in [2.45, 2.75) is 39.3 Å². The fourth-order valence-electron chi connectivity index (χ4n) is 2.16. The SMILES string of the molecule is CCNC(=NCc1ccc(C)cc1OC)NCC(=O)NC1CC1. The molecular weight excluding hydrogens is 292 g/mol. The molecule has 3 N–H and O–H groups in total. The smallest absolute Gasteiger partial charge is 0.239 e. The lowest BCUT2D eigenvalue weighted by Gasteiger charge is -2.12. The molecule has 1 aliphatic carbocycles. The average molecular weight is 318 g/mol. The van der Waals surface area contributed by atoms with Gasteiger partial charge in [-0.25, -0.2) is 4.99 Å². The third-order valence-corrected chi connectivity index (χ3v) is 3.55. The zero-order chi connectivity index (χ0) is 16.7. The van der Waals surface area contributed by atoms with Gasteiger partial charge in [0.1, 0.15) is 5.75 Å². The zero-order valence-corrected chi connectivity index (χ0v) is 14.1. The van der Waals surface area contributed by atoms with E-state index in [0.717, 1.165) is 36.3 Å². The average Bonchev–Trinajstić information content (AvgIpc) is 3.34. The summed E-state index contributed by atoms with van der Waals surface area (Å²) in [6.45, 7) is 5.48. The monoisotopic (exact) mass is 318 g/mol. The highest BCUT2D eigenvalue weighted by Crippen LogP contribution is 2.20. The van der Waals surface area contributed by atoms with Gasteiger partial charge in [0.2, 0.25) is 5.91 Å². The first kappa shape index (κ1) is 17.1. The van der Waals surface area contributed by atoms with Crippen LogP contribution in [-0.2, 0) is 11.3 Å². The second-order valence-electron chi connectivity index (χ2n) is 5.71. The van der Waals surface area contributed by atoms with Gasteiger partial charge in [0.05, 0.1) is 20.2 Å². The van der Waals surface area contributed by atoms with Crippen LogP contribution in [0.4, 0.5) is 0 Å². The molecule has 0 atom stereocenters. The minimum Gasteiger partial charge on any atom is -0.496 e. The van der Waals surface area contributed by atoms with E-state index in [-0.39, 0.29) is 12.5 Å². The number of aliphatic imine (C=N–C) groups is 1. The van der Waals surface area contributed by atoms with Crippen molar-refractivity contribution in [1.82, 2.24) is 16.0 Å². The minimum absolute atomic E-state index is 0.00557. The number of aryl methyl sites for hydroxylation is 1. The number of methoxy groups -OCH3 is 1. The van der Waals surface area contributed by atoms with Crippen LogP contribution in [0.1, 0.15) is 30.9 Å². The fraction of sp³-hybridized carbons (Fsp3) is 0.529. The first-order valence-corrected chi connectivity index (χ1v) is 8.07. The highest BCUT2D eigenvalue weighted by molar-refractivity contribution is 5.86. The number of guanidine groups is 1. The van der Waals surface area contributed by atoms with Crippen molar-refractivity contribution in [3.63, 3.8) is 0 Å². The van der Waals surface area contributed by atoms with Crippen LogP contribution in [0, 0.1) is 6.92 Å². The molecule has 1 aliphatic rings. The van der Waals surface area contributed by atoms with Crippen LogP contribution in [0.2, 0.25) is 0 Å². The Bertz CT molecular complexity index is 568. The Labute approximate surface area is 137 Å². The van der Waals surface area contributed by atoms with E-state index in [2.05, 4.69) is 20.9 Å². The number of nitrogens with one attached hydrogen (secondary N) is 3. The number of amides is 1. The number of hydrogen-bond donors (Lipinski definition) is 3. The summed E-state index contributed by atoms with van der Waals surface area (Å²) in [6.07, 6.45) is 2.18. The molecule has 0 aliphatic heterocycles. The van der Waals surface area contributed by atoms with Crippen molar-refractivity contribution in [1.29, 1.82) is 0 Å². The Kier molecular flexibility index (Phi) is 6.26. The van der Waals surface area contributed by atoms with Gasteiger partial charge in [-0.3, -0.25) is 4.79 Å². The normalized spacial score (nSPS) is 14.3. The lowest BCUT2D eigenvalue weighted by atomic mass is 10.1. The van der Waals surface area contributed by atoms with Crippen LogP contribution in [0.25, 0.3) is 0 Å². The molecule has 0 radical (unpaired) electrons. The molecule has 0 saturated heterocycles. The number of nitrogens with zero attached hydrogens (tertiary/aromatic N) is 1. The summed E-state index contributed by atoms with van der Waals surface area (Å²) >= 11 is 0. The standard InChI is InChI=1S/C17H26N4O2/c1-4-18-17(20-11-16(22)21-14-7-8-14)19-10-13-6-5-12(2)9-15(13)23-3/h5-6,9,14H,4,7-8,10-11H2,1-3H3,(H,21,22)(H2,18,19,20). The number of hydrogen-bond acceptors (Lipinski definition) is 3. The Hall–Kier alpha value is -2.24. The molecule has 0 aromatic heterocycles. The molecule has 0 unspecified atom stereocenters. The highest BCUT2D eigenvalue weighted by atomic mass is 16.5. The molecule has 0 bridgehead atoms. The number of carbonyl (C=O) groups excluding carboxylic acids is 1. The van der Waals surface area contributed by atoms with Crippen LogP contribution >= 0.6 is 0 Å². The van der Waals surface area contributed by atoms with E-state index < -0.39 is 0 Å². The molecule has 1 aromatic rings. The van der Waals surface area contributed by atoms with E-state index in [0.29, 0.717) is 18.5 Å². The molecule has 126 valence electrons. The van der Waals surface area contributed by atoms with Crippen LogP contribution in [0.15, 0.2) is 23.2 Å². The number of rotatable bonds is 7. The topological polar surface area (TPSA) is 74.8 Å².